The number of ether oxygens (including phenoxy) is 2. The van der Waals surface area contributed by atoms with Gasteiger partial charge in [-0.2, -0.15) is 5.10 Å². The Bertz CT molecular complexity index is 549. The maximum absolute atomic E-state index is 5.72. The molecule has 1 heterocycles. The van der Waals surface area contributed by atoms with Crippen molar-refractivity contribution in [3.05, 3.63) is 35.5 Å². The molecule has 0 aliphatic heterocycles. The molecule has 0 bridgehead atoms. The van der Waals surface area contributed by atoms with Crippen LogP contribution in [0.5, 0.6) is 11.5 Å². The van der Waals surface area contributed by atoms with Crippen molar-refractivity contribution in [1.29, 1.82) is 0 Å². The molecule has 0 saturated carbocycles. The molecule has 0 spiro atoms. The van der Waals surface area contributed by atoms with Gasteiger partial charge in [0.05, 0.1) is 12.8 Å². The highest BCUT2D eigenvalue weighted by Crippen LogP contribution is 2.28. The van der Waals surface area contributed by atoms with Gasteiger partial charge in [0.15, 0.2) is 11.5 Å². The SMILES string of the molecule is COc1cc(C)ccc1OCc1cc(N)nn1C. The number of hydrogen-bond acceptors (Lipinski definition) is 4. The summed E-state index contributed by atoms with van der Waals surface area (Å²) in [7, 11) is 3.46. The van der Waals surface area contributed by atoms with Crippen LogP contribution < -0.4 is 15.2 Å². The minimum atomic E-state index is 0.403. The van der Waals surface area contributed by atoms with Crippen molar-refractivity contribution in [2.24, 2.45) is 7.05 Å². The zero-order valence-electron chi connectivity index (χ0n) is 10.8. The normalized spacial score (nSPS) is 10.4. The molecule has 18 heavy (non-hydrogen) atoms. The van der Waals surface area contributed by atoms with E-state index >= 15 is 0 Å². The van der Waals surface area contributed by atoms with E-state index in [1.165, 1.54) is 0 Å². The number of aromatic nitrogens is 2. The largest absolute Gasteiger partial charge is 0.493 e. The minimum absolute atomic E-state index is 0.403. The van der Waals surface area contributed by atoms with Gasteiger partial charge in [-0.1, -0.05) is 6.07 Å². The molecule has 0 unspecified atom stereocenters. The van der Waals surface area contributed by atoms with E-state index in [4.69, 9.17) is 15.2 Å². The number of nitrogens with zero attached hydrogens (tertiary/aromatic N) is 2. The average molecular weight is 247 g/mol. The Morgan fingerprint density at radius 2 is 2.06 bits per heavy atom. The van der Waals surface area contributed by atoms with Gasteiger partial charge in [0.2, 0.25) is 0 Å². The first kappa shape index (κ1) is 12.3. The fourth-order valence-electron chi connectivity index (χ4n) is 1.71. The topological polar surface area (TPSA) is 62.3 Å². The Morgan fingerprint density at radius 1 is 1.28 bits per heavy atom. The van der Waals surface area contributed by atoms with Gasteiger partial charge < -0.3 is 15.2 Å². The van der Waals surface area contributed by atoms with E-state index in [0.29, 0.717) is 18.2 Å². The van der Waals surface area contributed by atoms with E-state index in [2.05, 4.69) is 5.10 Å². The lowest BCUT2D eigenvalue weighted by atomic mass is 10.2. The quantitative estimate of drug-likeness (QED) is 0.896. The van der Waals surface area contributed by atoms with Gasteiger partial charge in [-0.05, 0) is 24.6 Å². The smallest absolute Gasteiger partial charge is 0.161 e. The molecule has 0 aliphatic rings. The zero-order chi connectivity index (χ0) is 13.1. The monoisotopic (exact) mass is 247 g/mol. The summed E-state index contributed by atoms with van der Waals surface area (Å²) in [6.07, 6.45) is 0. The number of anilines is 1. The van der Waals surface area contributed by atoms with Crippen molar-refractivity contribution in [3.63, 3.8) is 0 Å². The minimum Gasteiger partial charge on any atom is -0.493 e. The van der Waals surface area contributed by atoms with Crippen LogP contribution in [0, 0.1) is 6.92 Å². The Kier molecular flexibility index (Phi) is 3.41. The van der Waals surface area contributed by atoms with E-state index in [0.717, 1.165) is 17.0 Å². The molecule has 2 N–H and O–H groups in total. The van der Waals surface area contributed by atoms with Crippen LogP contribution in [0.2, 0.25) is 0 Å². The number of nitrogens with two attached hydrogens (primary N) is 1. The first-order valence-electron chi connectivity index (χ1n) is 5.66. The zero-order valence-corrected chi connectivity index (χ0v) is 10.8. The Balaban J connectivity index is 2.13. The summed E-state index contributed by atoms with van der Waals surface area (Å²) in [4.78, 5) is 0. The van der Waals surface area contributed by atoms with Crippen LogP contribution in [0.1, 0.15) is 11.3 Å². The fraction of sp³-hybridized carbons (Fsp3) is 0.308. The van der Waals surface area contributed by atoms with Crippen molar-refractivity contribution in [1.82, 2.24) is 9.78 Å². The van der Waals surface area contributed by atoms with E-state index < -0.39 is 0 Å². The third-order valence-corrected chi connectivity index (χ3v) is 2.69. The van der Waals surface area contributed by atoms with Crippen LogP contribution >= 0.6 is 0 Å². The van der Waals surface area contributed by atoms with E-state index in [-0.39, 0.29) is 0 Å². The molecule has 0 saturated heterocycles. The third-order valence-electron chi connectivity index (χ3n) is 2.69. The number of benzene rings is 1. The van der Waals surface area contributed by atoms with Crippen LogP contribution in [0.4, 0.5) is 5.82 Å². The van der Waals surface area contributed by atoms with Gasteiger partial charge in [-0.15, -0.1) is 0 Å². The molecule has 96 valence electrons. The highest BCUT2D eigenvalue weighted by Gasteiger charge is 2.07. The highest BCUT2D eigenvalue weighted by atomic mass is 16.5. The molecule has 0 radical (unpaired) electrons. The molecular weight excluding hydrogens is 230 g/mol. The first-order valence-corrected chi connectivity index (χ1v) is 5.66. The second-order valence-electron chi connectivity index (χ2n) is 4.13. The lowest BCUT2D eigenvalue weighted by Crippen LogP contribution is -2.03. The van der Waals surface area contributed by atoms with Crippen molar-refractivity contribution in [3.8, 4) is 11.5 Å². The predicted molar refractivity (Wildman–Crippen MR) is 69.7 cm³/mol. The molecule has 2 aromatic rings. The molecule has 1 aromatic carbocycles. The van der Waals surface area contributed by atoms with Crippen molar-refractivity contribution < 1.29 is 9.47 Å². The van der Waals surface area contributed by atoms with Gasteiger partial charge in [0.25, 0.3) is 0 Å². The van der Waals surface area contributed by atoms with E-state index in [1.54, 1.807) is 17.9 Å². The molecule has 0 amide bonds. The summed E-state index contributed by atoms with van der Waals surface area (Å²) in [5, 5.41) is 4.06. The van der Waals surface area contributed by atoms with Crippen LogP contribution in [0.3, 0.4) is 0 Å². The standard InChI is InChI=1S/C13H17N3O2/c1-9-4-5-11(12(6-9)17-3)18-8-10-7-13(14)15-16(10)2/h4-7H,8H2,1-3H3,(H2,14,15). The maximum atomic E-state index is 5.72. The number of hydrogen-bond donors (Lipinski definition) is 1. The molecule has 0 atom stereocenters. The molecule has 2 rings (SSSR count). The lowest BCUT2D eigenvalue weighted by Gasteiger charge is -2.11. The van der Waals surface area contributed by atoms with Crippen LogP contribution in [-0.4, -0.2) is 16.9 Å². The van der Waals surface area contributed by atoms with Crippen molar-refractivity contribution in [2.45, 2.75) is 13.5 Å². The molecule has 0 aliphatic carbocycles. The summed E-state index contributed by atoms with van der Waals surface area (Å²) >= 11 is 0. The highest BCUT2D eigenvalue weighted by molar-refractivity contribution is 5.42. The van der Waals surface area contributed by atoms with E-state index in [9.17, 15) is 0 Å². The summed E-state index contributed by atoms with van der Waals surface area (Å²) in [5.74, 6) is 1.93. The van der Waals surface area contributed by atoms with Gasteiger partial charge in [-0.3, -0.25) is 4.68 Å². The Labute approximate surface area is 106 Å². The van der Waals surface area contributed by atoms with Gasteiger partial charge in [0, 0.05) is 13.1 Å². The second-order valence-corrected chi connectivity index (χ2v) is 4.13. The average Bonchev–Trinajstić information content (AvgIpc) is 2.66. The lowest BCUT2D eigenvalue weighted by molar-refractivity contribution is 0.275. The van der Waals surface area contributed by atoms with Gasteiger partial charge in [0.1, 0.15) is 12.4 Å². The second kappa shape index (κ2) is 5.00. The number of aryl methyl sites for hydroxylation is 2. The van der Waals surface area contributed by atoms with Crippen molar-refractivity contribution >= 4 is 5.82 Å². The molecule has 0 fully saturated rings. The number of nitrogen functional groups attached to an aromatic ring is 1. The van der Waals surface area contributed by atoms with Crippen LogP contribution in [-0.2, 0) is 13.7 Å². The first-order chi connectivity index (χ1) is 8.60. The van der Waals surface area contributed by atoms with Gasteiger partial charge in [-0.25, -0.2) is 0 Å². The van der Waals surface area contributed by atoms with Crippen LogP contribution in [0.25, 0.3) is 0 Å². The maximum Gasteiger partial charge on any atom is 0.161 e. The van der Waals surface area contributed by atoms with Gasteiger partial charge >= 0.3 is 0 Å². The summed E-state index contributed by atoms with van der Waals surface area (Å²) in [6.45, 7) is 2.41. The molecule has 1 aromatic heterocycles. The predicted octanol–water partition coefficient (Wildman–Crippen LogP) is 1.90. The number of methoxy groups -OCH3 is 1. The van der Waals surface area contributed by atoms with Crippen LogP contribution in [0.15, 0.2) is 24.3 Å². The summed E-state index contributed by atoms with van der Waals surface area (Å²) in [6, 6.07) is 7.61. The number of rotatable bonds is 4. The Hall–Kier alpha value is -2.17. The molecule has 5 nitrogen and oxygen atoms in total. The fourth-order valence-corrected chi connectivity index (χ4v) is 1.71. The Morgan fingerprint density at radius 3 is 2.67 bits per heavy atom. The third kappa shape index (κ3) is 2.56. The van der Waals surface area contributed by atoms with E-state index in [1.807, 2.05) is 32.2 Å². The van der Waals surface area contributed by atoms with Crippen molar-refractivity contribution in [2.75, 3.05) is 12.8 Å². The summed E-state index contributed by atoms with van der Waals surface area (Å²) < 4.78 is 12.7. The molecule has 5 heteroatoms. The molecular formula is C13H17N3O2. The summed E-state index contributed by atoms with van der Waals surface area (Å²) in [5.41, 5.74) is 7.65.